The Balaban J connectivity index is 1.62. The second-order valence-electron chi connectivity index (χ2n) is 6.86. The van der Waals surface area contributed by atoms with E-state index in [-0.39, 0.29) is 0 Å². The molecule has 110 valence electrons. The van der Waals surface area contributed by atoms with Crippen LogP contribution in [0, 0.1) is 18.8 Å². The van der Waals surface area contributed by atoms with E-state index >= 15 is 0 Å². The first-order chi connectivity index (χ1) is 9.74. The summed E-state index contributed by atoms with van der Waals surface area (Å²) in [4.78, 5) is 2.72. The van der Waals surface area contributed by atoms with Gasteiger partial charge in [0, 0.05) is 25.7 Å². The topological polar surface area (TPSA) is 15.3 Å². The van der Waals surface area contributed by atoms with Gasteiger partial charge in [-0.3, -0.25) is 0 Å². The Kier molecular flexibility index (Phi) is 4.42. The van der Waals surface area contributed by atoms with E-state index in [1.165, 1.54) is 49.9 Å². The summed E-state index contributed by atoms with van der Waals surface area (Å²) < 4.78 is 0. The lowest BCUT2D eigenvalue weighted by atomic mass is 10.0. The number of nitrogens with one attached hydrogen (secondary N) is 1. The molecule has 3 rings (SSSR count). The predicted molar refractivity (Wildman–Crippen MR) is 84.9 cm³/mol. The first-order valence-electron chi connectivity index (χ1n) is 8.21. The van der Waals surface area contributed by atoms with Gasteiger partial charge in [0.05, 0.1) is 0 Å². The number of likely N-dealkylation sites (N-methyl/N-ethyl adjacent to an activating group) is 1. The lowest BCUT2D eigenvalue weighted by Gasteiger charge is -2.28. The number of hydrogen-bond donors (Lipinski definition) is 1. The molecule has 0 heterocycles. The summed E-state index contributed by atoms with van der Waals surface area (Å²) >= 11 is 0. The quantitative estimate of drug-likeness (QED) is 0.780. The molecule has 2 aliphatic rings. The highest BCUT2D eigenvalue weighted by Gasteiger charge is 2.30. The average Bonchev–Trinajstić information content (AvgIpc) is 3.33. The molecule has 0 saturated heterocycles. The highest BCUT2D eigenvalue weighted by Crippen LogP contribution is 2.34. The van der Waals surface area contributed by atoms with Crippen LogP contribution >= 0.6 is 0 Å². The second-order valence-corrected chi connectivity index (χ2v) is 6.86. The van der Waals surface area contributed by atoms with Crippen molar-refractivity contribution >= 4 is 0 Å². The summed E-state index contributed by atoms with van der Waals surface area (Å²) in [5.74, 6) is 1.98. The van der Waals surface area contributed by atoms with Crippen molar-refractivity contribution in [2.24, 2.45) is 11.8 Å². The molecule has 2 fully saturated rings. The Hall–Kier alpha value is -0.860. The van der Waals surface area contributed by atoms with Gasteiger partial charge in [0.25, 0.3) is 0 Å². The maximum absolute atomic E-state index is 3.51. The van der Waals surface area contributed by atoms with Crippen LogP contribution in [0.2, 0.25) is 0 Å². The van der Waals surface area contributed by atoms with Crippen LogP contribution in [0.3, 0.4) is 0 Å². The van der Waals surface area contributed by atoms with Crippen molar-refractivity contribution in [2.45, 2.75) is 38.6 Å². The molecule has 2 saturated carbocycles. The molecular weight excluding hydrogens is 244 g/mol. The molecule has 1 atom stereocenters. The zero-order valence-corrected chi connectivity index (χ0v) is 12.9. The third kappa shape index (κ3) is 4.07. The van der Waals surface area contributed by atoms with Gasteiger partial charge in [0.2, 0.25) is 0 Å². The minimum absolute atomic E-state index is 0.466. The number of benzene rings is 1. The van der Waals surface area contributed by atoms with E-state index in [0.717, 1.165) is 18.4 Å². The third-order valence-corrected chi connectivity index (χ3v) is 4.70. The van der Waals surface area contributed by atoms with Crippen LogP contribution < -0.4 is 5.32 Å². The fourth-order valence-corrected chi connectivity index (χ4v) is 2.98. The summed E-state index contributed by atoms with van der Waals surface area (Å²) in [6, 6.07) is 9.48. The fraction of sp³-hybridized carbons (Fsp3) is 0.667. The monoisotopic (exact) mass is 272 g/mol. The summed E-state index contributed by atoms with van der Waals surface area (Å²) in [6.07, 6.45) is 5.82. The van der Waals surface area contributed by atoms with Crippen molar-refractivity contribution in [2.75, 3.05) is 26.7 Å². The molecule has 20 heavy (non-hydrogen) atoms. The minimum Gasteiger partial charge on any atom is -0.312 e. The highest BCUT2D eigenvalue weighted by atomic mass is 15.2. The van der Waals surface area contributed by atoms with Crippen molar-refractivity contribution in [1.82, 2.24) is 10.2 Å². The van der Waals surface area contributed by atoms with Crippen LogP contribution in [0.4, 0.5) is 0 Å². The molecule has 1 aromatic carbocycles. The molecule has 1 unspecified atom stereocenters. The van der Waals surface area contributed by atoms with Gasteiger partial charge in [-0.2, -0.15) is 0 Å². The summed E-state index contributed by atoms with van der Waals surface area (Å²) in [7, 11) is 2.09. The van der Waals surface area contributed by atoms with E-state index in [4.69, 9.17) is 0 Å². The van der Waals surface area contributed by atoms with Crippen molar-refractivity contribution in [3.63, 3.8) is 0 Å². The van der Waals surface area contributed by atoms with Crippen molar-refractivity contribution < 1.29 is 0 Å². The van der Waals surface area contributed by atoms with Gasteiger partial charge in [-0.15, -0.1) is 0 Å². The third-order valence-electron chi connectivity index (χ3n) is 4.70. The van der Waals surface area contributed by atoms with Crippen LogP contribution in [0.15, 0.2) is 24.3 Å². The summed E-state index contributed by atoms with van der Waals surface area (Å²) in [6.45, 7) is 5.96. The minimum atomic E-state index is 0.466. The van der Waals surface area contributed by atoms with Crippen LogP contribution in [-0.2, 0) is 0 Å². The Bertz CT molecular complexity index is 404. The van der Waals surface area contributed by atoms with Gasteiger partial charge in [-0.1, -0.05) is 29.8 Å². The van der Waals surface area contributed by atoms with Crippen LogP contribution in [0.25, 0.3) is 0 Å². The maximum atomic E-state index is 3.51. The Morgan fingerprint density at radius 1 is 1.05 bits per heavy atom. The van der Waals surface area contributed by atoms with Crippen LogP contribution in [0.1, 0.15) is 42.9 Å². The van der Waals surface area contributed by atoms with Gasteiger partial charge in [-0.05, 0) is 57.1 Å². The summed E-state index contributed by atoms with van der Waals surface area (Å²) in [5.41, 5.74) is 2.77. The Morgan fingerprint density at radius 2 is 1.60 bits per heavy atom. The molecule has 0 aliphatic heterocycles. The standard InChI is InChI=1S/C18H28N2/c1-14-3-9-17(10-4-14)18(19-2)13-20(11-15-5-6-15)12-16-7-8-16/h3-4,9-10,15-16,18-19H,5-8,11-13H2,1-2H3. The largest absolute Gasteiger partial charge is 0.312 e. The lowest BCUT2D eigenvalue weighted by molar-refractivity contribution is 0.228. The van der Waals surface area contributed by atoms with E-state index in [1.807, 2.05) is 0 Å². The van der Waals surface area contributed by atoms with Crippen LogP contribution in [-0.4, -0.2) is 31.6 Å². The Labute approximate surface area is 123 Å². The number of rotatable bonds is 8. The first-order valence-corrected chi connectivity index (χ1v) is 8.21. The maximum Gasteiger partial charge on any atom is 0.0446 e. The second kappa shape index (κ2) is 6.28. The van der Waals surface area contributed by atoms with E-state index in [0.29, 0.717) is 6.04 Å². The van der Waals surface area contributed by atoms with Gasteiger partial charge in [-0.25, -0.2) is 0 Å². The molecular formula is C18H28N2. The number of aryl methyl sites for hydroxylation is 1. The molecule has 2 nitrogen and oxygen atoms in total. The normalized spacial score (nSPS) is 20.4. The highest BCUT2D eigenvalue weighted by molar-refractivity contribution is 5.24. The summed E-state index contributed by atoms with van der Waals surface area (Å²) in [5, 5.41) is 3.51. The molecule has 0 spiro atoms. The van der Waals surface area contributed by atoms with Gasteiger partial charge in [0.15, 0.2) is 0 Å². The molecule has 0 bridgehead atoms. The van der Waals surface area contributed by atoms with Gasteiger partial charge < -0.3 is 10.2 Å². The van der Waals surface area contributed by atoms with E-state index < -0.39 is 0 Å². The smallest absolute Gasteiger partial charge is 0.0446 e. The lowest BCUT2D eigenvalue weighted by Crippen LogP contribution is -2.36. The zero-order chi connectivity index (χ0) is 13.9. The Morgan fingerprint density at radius 3 is 2.05 bits per heavy atom. The van der Waals surface area contributed by atoms with E-state index in [1.54, 1.807) is 0 Å². The van der Waals surface area contributed by atoms with E-state index in [9.17, 15) is 0 Å². The predicted octanol–water partition coefficient (Wildman–Crippen LogP) is 3.38. The van der Waals surface area contributed by atoms with Crippen molar-refractivity contribution in [3.05, 3.63) is 35.4 Å². The zero-order valence-electron chi connectivity index (χ0n) is 12.9. The molecule has 1 N–H and O–H groups in total. The SMILES string of the molecule is CNC(CN(CC1CC1)CC1CC1)c1ccc(C)cc1. The molecule has 1 aromatic rings. The molecule has 0 aromatic heterocycles. The number of nitrogens with zero attached hydrogens (tertiary/aromatic N) is 1. The van der Waals surface area contributed by atoms with Crippen LogP contribution in [0.5, 0.6) is 0 Å². The number of hydrogen-bond acceptors (Lipinski definition) is 2. The first kappa shape index (κ1) is 14.1. The van der Waals surface area contributed by atoms with E-state index in [2.05, 4.69) is 48.5 Å². The average molecular weight is 272 g/mol. The molecule has 2 heteroatoms. The molecule has 0 amide bonds. The van der Waals surface area contributed by atoms with Gasteiger partial charge in [0.1, 0.15) is 0 Å². The van der Waals surface area contributed by atoms with Crippen molar-refractivity contribution in [3.8, 4) is 0 Å². The van der Waals surface area contributed by atoms with Crippen molar-refractivity contribution in [1.29, 1.82) is 0 Å². The fourth-order valence-electron chi connectivity index (χ4n) is 2.98. The molecule has 2 aliphatic carbocycles. The van der Waals surface area contributed by atoms with Gasteiger partial charge >= 0.3 is 0 Å². The molecule has 0 radical (unpaired) electrons.